The van der Waals surface area contributed by atoms with Gasteiger partial charge in [-0.25, -0.2) is 4.98 Å². The maximum atomic E-state index is 12.3. The zero-order valence-electron chi connectivity index (χ0n) is 18.6. The summed E-state index contributed by atoms with van der Waals surface area (Å²) in [6.45, 7) is 7.52. The van der Waals surface area contributed by atoms with Gasteiger partial charge in [-0.2, -0.15) is 0 Å². The third-order valence-electron chi connectivity index (χ3n) is 6.31. The van der Waals surface area contributed by atoms with Gasteiger partial charge in [0.05, 0.1) is 16.4 Å². The SMILES string of the molecule is CCNC(=O)c1ccc(N2CCN(Cc3cnc4c(c3)NC(=O)C3=CCCN34)CC2)c(Cl)c1. The van der Waals surface area contributed by atoms with Crippen LogP contribution in [0.1, 0.15) is 29.3 Å². The van der Waals surface area contributed by atoms with E-state index in [2.05, 4.69) is 25.4 Å². The van der Waals surface area contributed by atoms with Gasteiger partial charge >= 0.3 is 0 Å². The second-order valence-electron chi connectivity index (χ2n) is 8.49. The number of carbonyl (C=O) groups excluding carboxylic acids is 2. The molecule has 1 aromatic heterocycles. The van der Waals surface area contributed by atoms with Crippen molar-refractivity contribution in [1.82, 2.24) is 15.2 Å². The first-order valence-corrected chi connectivity index (χ1v) is 11.7. The van der Waals surface area contributed by atoms with Crippen molar-refractivity contribution in [2.24, 2.45) is 0 Å². The van der Waals surface area contributed by atoms with E-state index in [0.717, 1.165) is 68.4 Å². The minimum Gasteiger partial charge on any atom is -0.368 e. The number of fused-ring (bicyclic) bond motifs is 3. The molecule has 1 fully saturated rings. The van der Waals surface area contributed by atoms with Gasteiger partial charge in [0.2, 0.25) is 0 Å². The molecule has 33 heavy (non-hydrogen) atoms. The molecule has 1 aromatic carbocycles. The molecule has 0 aliphatic carbocycles. The number of benzene rings is 1. The summed E-state index contributed by atoms with van der Waals surface area (Å²) in [7, 11) is 0. The lowest BCUT2D eigenvalue weighted by Gasteiger charge is -2.36. The molecular formula is C24H27ClN6O2. The quantitative estimate of drug-likeness (QED) is 0.705. The van der Waals surface area contributed by atoms with Crippen molar-refractivity contribution in [3.63, 3.8) is 0 Å². The van der Waals surface area contributed by atoms with Crippen molar-refractivity contribution in [2.75, 3.05) is 54.4 Å². The van der Waals surface area contributed by atoms with Gasteiger partial charge < -0.3 is 20.4 Å². The van der Waals surface area contributed by atoms with Crippen LogP contribution in [0.25, 0.3) is 0 Å². The Kier molecular flexibility index (Phi) is 5.95. The molecule has 5 rings (SSSR count). The Hall–Kier alpha value is -3.10. The minimum absolute atomic E-state index is 0.0531. The zero-order chi connectivity index (χ0) is 22.9. The number of hydrogen-bond donors (Lipinski definition) is 2. The van der Waals surface area contributed by atoms with E-state index in [1.54, 1.807) is 6.07 Å². The fourth-order valence-electron chi connectivity index (χ4n) is 4.65. The van der Waals surface area contributed by atoms with Crippen molar-refractivity contribution in [2.45, 2.75) is 19.9 Å². The summed E-state index contributed by atoms with van der Waals surface area (Å²) in [6.07, 6.45) is 4.75. The van der Waals surface area contributed by atoms with E-state index >= 15 is 0 Å². The molecule has 172 valence electrons. The number of nitrogens with zero attached hydrogens (tertiary/aromatic N) is 4. The predicted octanol–water partition coefficient (Wildman–Crippen LogP) is 2.85. The van der Waals surface area contributed by atoms with Crippen LogP contribution in [0, 0.1) is 0 Å². The summed E-state index contributed by atoms with van der Waals surface area (Å²) in [5.74, 6) is 0.669. The third-order valence-corrected chi connectivity index (χ3v) is 6.61. The molecule has 1 saturated heterocycles. The van der Waals surface area contributed by atoms with E-state index in [0.29, 0.717) is 22.8 Å². The Bertz CT molecular complexity index is 1130. The molecular weight excluding hydrogens is 440 g/mol. The average Bonchev–Trinajstić information content (AvgIpc) is 3.31. The lowest BCUT2D eigenvalue weighted by atomic mass is 10.1. The number of aromatic nitrogens is 1. The van der Waals surface area contributed by atoms with Crippen LogP contribution in [0.3, 0.4) is 0 Å². The third kappa shape index (κ3) is 4.28. The van der Waals surface area contributed by atoms with Gasteiger partial charge in [-0.15, -0.1) is 0 Å². The Morgan fingerprint density at radius 3 is 2.76 bits per heavy atom. The fraction of sp³-hybridized carbons (Fsp3) is 0.375. The van der Waals surface area contributed by atoms with Crippen LogP contribution in [0.5, 0.6) is 0 Å². The zero-order valence-corrected chi connectivity index (χ0v) is 19.4. The van der Waals surface area contributed by atoms with Crippen molar-refractivity contribution >= 4 is 40.6 Å². The lowest BCUT2D eigenvalue weighted by molar-refractivity contribution is -0.113. The average molecular weight is 467 g/mol. The summed E-state index contributed by atoms with van der Waals surface area (Å²) in [5, 5.41) is 6.38. The number of nitrogens with one attached hydrogen (secondary N) is 2. The molecule has 0 unspecified atom stereocenters. The highest BCUT2D eigenvalue weighted by Crippen LogP contribution is 2.35. The second kappa shape index (κ2) is 9.03. The summed E-state index contributed by atoms with van der Waals surface area (Å²) in [6, 6.07) is 7.54. The number of carbonyl (C=O) groups is 2. The molecule has 2 amide bonds. The molecule has 0 spiro atoms. The smallest absolute Gasteiger partial charge is 0.272 e. The van der Waals surface area contributed by atoms with Crippen LogP contribution >= 0.6 is 11.6 Å². The van der Waals surface area contributed by atoms with Crippen molar-refractivity contribution < 1.29 is 9.59 Å². The van der Waals surface area contributed by atoms with Gasteiger partial charge in [-0.05, 0) is 43.2 Å². The van der Waals surface area contributed by atoms with E-state index in [-0.39, 0.29) is 11.8 Å². The molecule has 9 heteroatoms. The molecule has 3 aliphatic rings. The van der Waals surface area contributed by atoms with E-state index < -0.39 is 0 Å². The number of hydrogen-bond acceptors (Lipinski definition) is 6. The monoisotopic (exact) mass is 466 g/mol. The summed E-state index contributed by atoms with van der Waals surface area (Å²) < 4.78 is 0. The van der Waals surface area contributed by atoms with E-state index in [1.807, 2.05) is 42.3 Å². The van der Waals surface area contributed by atoms with Crippen LogP contribution in [-0.2, 0) is 11.3 Å². The van der Waals surface area contributed by atoms with E-state index in [4.69, 9.17) is 11.6 Å². The highest BCUT2D eigenvalue weighted by molar-refractivity contribution is 6.33. The molecule has 0 atom stereocenters. The largest absolute Gasteiger partial charge is 0.368 e. The topological polar surface area (TPSA) is 80.8 Å². The lowest BCUT2D eigenvalue weighted by Crippen LogP contribution is -2.46. The Balaban J connectivity index is 1.21. The molecule has 0 radical (unpaired) electrons. The maximum absolute atomic E-state index is 12.3. The Morgan fingerprint density at radius 2 is 2.00 bits per heavy atom. The van der Waals surface area contributed by atoms with Gasteiger partial charge in [-0.1, -0.05) is 17.7 Å². The Morgan fingerprint density at radius 1 is 1.18 bits per heavy atom. The maximum Gasteiger partial charge on any atom is 0.272 e. The normalized spacial score (nSPS) is 17.9. The number of amides is 2. The van der Waals surface area contributed by atoms with Gasteiger partial charge in [0.15, 0.2) is 5.82 Å². The van der Waals surface area contributed by atoms with Crippen molar-refractivity contribution in [3.05, 3.63) is 58.4 Å². The predicted molar refractivity (Wildman–Crippen MR) is 130 cm³/mol. The first kappa shape index (κ1) is 21.7. The van der Waals surface area contributed by atoms with E-state index in [9.17, 15) is 9.59 Å². The molecule has 0 saturated carbocycles. The van der Waals surface area contributed by atoms with Gasteiger partial charge in [0.25, 0.3) is 11.8 Å². The molecule has 2 aromatic rings. The summed E-state index contributed by atoms with van der Waals surface area (Å²) in [4.78, 5) is 35.7. The van der Waals surface area contributed by atoms with Crippen molar-refractivity contribution in [3.8, 4) is 0 Å². The fourth-order valence-corrected chi connectivity index (χ4v) is 4.95. The van der Waals surface area contributed by atoms with Crippen LogP contribution in [-0.4, -0.2) is 61.0 Å². The van der Waals surface area contributed by atoms with Crippen LogP contribution in [0.4, 0.5) is 17.2 Å². The van der Waals surface area contributed by atoms with Crippen LogP contribution < -0.4 is 20.4 Å². The van der Waals surface area contributed by atoms with Crippen molar-refractivity contribution in [1.29, 1.82) is 0 Å². The minimum atomic E-state index is -0.109. The van der Waals surface area contributed by atoms with E-state index in [1.165, 1.54) is 0 Å². The number of anilines is 3. The molecule has 2 N–H and O–H groups in total. The molecule has 0 bridgehead atoms. The highest BCUT2D eigenvalue weighted by Gasteiger charge is 2.31. The van der Waals surface area contributed by atoms with Crippen LogP contribution in [0.2, 0.25) is 5.02 Å². The second-order valence-corrected chi connectivity index (χ2v) is 8.89. The number of rotatable bonds is 5. The van der Waals surface area contributed by atoms with Crippen LogP contribution in [0.15, 0.2) is 42.2 Å². The standard InChI is InChI=1S/C24H27ClN6O2/c1-2-26-23(32)17-5-6-20(18(25)13-17)30-10-8-29(9-11-30)15-16-12-19-22(27-14-16)31-7-3-4-21(31)24(33)28-19/h4-6,12-14H,2-3,7-11,15H2,1H3,(H,26,32)(H,28,33). The van der Waals surface area contributed by atoms with Gasteiger partial charge in [0, 0.05) is 57.6 Å². The number of halogens is 1. The van der Waals surface area contributed by atoms with Gasteiger partial charge in [-0.3, -0.25) is 14.5 Å². The summed E-state index contributed by atoms with van der Waals surface area (Å²) >= 11 is 6.50. The first-order valence-electron chi connectivity index (χ1n) is 11.4. The first-order chi connectivity index (χ1) is 16.0. The number of pyridine rings is 1. The molecule has 3 aliphatic heterocycles. The molecule has 4 heterocycles. The Labute approximate surface area is 198 Å². The highest BCUT2D eigenvalue weighted by atomic mass is 35.5. The molecule has 8 nitrogen and oxygen atoms in total. The number of piperazine rings is 1. The van der Waals surface area contributed by atoms with Gasteiger partial charge in [0.1, 0.15) is 5.70 Å². The summed E-state index contributed by atoms with van der Waals surface area (Å²) in [5.41, 5.74) is 4.11.